The van der Waals surface area contributed by atoms with Crippen LogP contribution in [-0.2, 0) is 17.5 Å². The van der Waals surface area contributed by atoms with E-state index in [2.05, 4.69) is 4.98 Å². The van der Waals surface area contributed by atoms with Gasteiger partial charge in [0.15, 0.2) is 4.88 Å². The molecule has 0 aliphatic carbocycles. The highest BCUT2D eigenvalue weighted by Crippen LogP contribution is 2.36. The van der Waals surface area contributed by atoms with Gasteiger partial charge in [-0.05, 0) is 18.2 Å². The van der Waals surface area contributed by atoms with Gasteiger partial charge in [-0.3, -0.25) is 4.57 Å². The zero-order valence-electron chi connectivity index (χ0n) is 16.0. The minimum Gasteiger partial charge on any atom is -0.508 e. The molecule has 2 heterocycles. The number of ether oxygens (including phenoxy) is 2. The van der Waals surface area contributed by atoms with Gasteiger partial charge in [-0.1, -0.05) is 18.2 Å². The molecule has 0 saturated heterocycles. The van der Waals surface area contributed by atoms with Gasteiger partial charge < -0.3 is 14.6 Å². The minimum atomic E-state index is -4.52. The molecule has 31 heavy (non-hydrogen) atoms. The second-order valence-electron chi connectivity index (χ2n) is 6.50. The molecule has 0 unspecified atom stereocenters. The normalized spacial score (nSPS) is 11.6. The molecule has 0 atom stereocenters. The fraction of sp³-hybridized carbons (Fsp3) is 0.143. The number of alkyl halides is 3. The smallest absolute Gasteiger partial charge is 0.416 e. The van der Waals surface area contributed by atoms with Crippen LogP contribution in [0.4, 0.5) is 13.2 Å². The van der Waals surface area contributed by atoms with Crippen molar-refractivity contribution < 1.29 is 32.5 Å². The molecule has 2 aromatic carbocycles. The number of halogens is 3. The van der Waals surface area contributed by atoms with Crippen LogP contribution >= 0.6 is 11.3 Å². The van der Waals surface area contributed by atoms with E-state index in [4.69, 9.17) is 9.47 Å². The predicted molar refractivity (Wildman–Crippen MR) is 108 cm³/mol. The molecule has 2 aromatic heterocycles. The third kappa shape index (κ3) is 4.06. The number of methoxy groups -OCH3 is 1. The molecule has 0 radical (unpaired) electrons. The maximum absolute atomic E-state index is 13.2. The first-order chi connectivity index (χ1) is 14.8. The monoisotopic (exact) mass is 448 g/mol. The summed E-state index contributed by atoms with van der Waals surface area (Å²) in [6.45, 7) is -0.381. The van der Waals surface area contributed by atoms with E-state index in [1.807, 2.05) is 0 Å². The van der Waals surface area contributed by atoms with Crippen molar-refractivity contribution in [3.05, 3.63) is 70.9 Å². The third-order valence-electron chi connectivity index (χ3n) is 4.53. The van der Waals surface area contributed by atoms with Crippen LogP contribution in [-0.4, -0.2) is 27.7 Å². The summed E-state index contributed by atoms with van der Waals surface area (Å²) in [4.78, 5) is 16.6. The quantitative estimate of drug-likeness (QED) is 0.426. The highest BCUT2D eigenvalue weighted by Gasteiger charge is 2.33. The Morgan fingerprint density at radius 3 is 2.71 bits per heavy atom. The Kier molecular flexibility index (Phi) is 5.32. The SMILES string of the molecule is COC(=O)c1sc(-n2cnc3cc(O)ccc32)cc1OCc1ccccc1C(F)(F)F. The van der Waals surface area contributed by atoms with E-state index in [1.54, 1.807) is 16.7 Å². The van der Waals surface area contributed by atoms with E-state index in [9.17, 15) is 23.1 Å². The standard InChI is InChI=1S/C21H15F3N2O4S/c1-29-20(28)19-17(30-10-12-4-2-3-5-14(12)21(22,23)24)9-18(31-19)26-11-25-15-8-13(27)6-7-16(15)26/h2-9,11,27H,10H2,1H3. The molecule has 0 fully saturated rings. The van der Waals surface area contributed by atoms with Crippen LogP contribution < -0.4 is 4.74 Å². The molecule has 1 N–H and O–H groups in total. The summed E-state index contributed by atoms with van der Waals surface area (Å²) in [5.74, 6) is -0.506. The predicted octanol–water partition coefficient (Wildman–Crippen LogP) is 5.18. The Morgan fingerprint density at radius 1 is 1.19 bits per heavy atom. The molecular formula is C21H15F3N2O4S. The van der Waals surface area contributed by atoms with Gasteiger partial charge in [0.2, 0.25) is 0 Å². The summed E-state index contributed by atoms with van der Waals surface area (Å²) >= 11 is 1.05. The first-order valence-corrected chi connectivity index (χ1v) is 9.76. The fourth-order valence-electron chi connectivity index (χ4n) is 3.08. The molecule has 0 bridgehead atoms. The number of carbonyl (C=O) groups excluding carboxylic acids is 1. The van der Waals surface area contributed by atoms with Crippen molar-refractivity contribution in [1.29, 1.82) is 0 Å². The zero-order valence-corrected chi connectivity index (χ0v) is 16.8. The van der Waals surface area contributed by atoms with E-state index in [-0.39, 0.29) is 28.5 Å². The molecule has 0 spiro atoms. The second-order valence-corrected chi connectivity index (χ2v) is 7.53. The number of fused-ring (bicyclic) bond motifs is 1. The van der Waals surface area contributed by atoms with Crippen LogP contribution in [0, 0.1) is 0 Å². The first-order valence-electron chi connectivity index (χ1n) is 8.94. The number of hydrogen-bond donors (Lipinski definition) is 1. The Morgan fingerprint density at radius 2 is 1.97 bits per heavy atom. The molecule has 0 aliphatic rings. The van der Waals surface area contributed by atoms with Gasteiger partial charge in [0.25, 0.3) is 0 Å². The van der Waals surface area contributed by atoms with Crippen molar-refractivity contribution >= 4 is 28.3 Å². The Labute approximate surface area is 178 Å². The lowest BCUT2D eigenvalue weighted by Crippen LogP contribution is -2.11. The summed E-state index contributed by atoms with van der Waals surface area (Å²) in [6.07, 6.45) is -3.01. The van der Waals surface area contributed by atoms with Crippen LogP contribution in [0.1, 0.15) is 20.8 Å². The average molecular weight is 448 g/mol. The van der Waals surface area contributed by atoms with Gasteiger partial charge in [0.05, 0.1) is 23.7 Å². The van der Waals surface area contributed by atoms with Crippen molar-refractivity contribution in [2.24, 2.45) is 0 Å². The molecule has 0 amide bonds. The van der Waals surface area contributed by atoms with E-state index >= 15 is 0 Å². The average Bonchev–Trinajstić information content (AvgIpc) is 3.34. The number of carbonyl (C=O) groups is 1. The molecule has 6 nitrogen and oxygen atoms in total. The molecule has 4 rings (SSSR count). The maximum Gasteiger partial charge on any atom is 0.416 e. The summed E-state index contributed by atoms with van der Waals surface area (Å²) in [6, 6.07) is 11.3. The van der Waals surface area contributed by atoms with Crippen molar-refractivity contribution in [1.82, 2.24) is 9.55 Å². The van der Waals surface area contributed by atoms with Crippen LogP contribution in [0.25, 0.3) is 16.0 Å². The number of hydrogen-bond acceptors (Lipinski definition) is 6. The van der Waals surface area contributed by atoms with Crippen LogP contribution in [0.5, 0.6) is 11.5 Å². The second kappa shape index (κ2) is 7.95. The van der Waals surface area contributed by atoms with Gasteiger partial charge in [-0.2, -0.15) is 13.2 Å². The third-order valence-corrected chi connectivity index (χ3v) is 5.63. The summed E-state index contributed by atoms with van der Waals surface area (Å²) in [7, 11) is 1.21. The number of aromatic nitrogens is 2. The van der Waals surface area contributed by atoms with Crippen molar-refractivity contribution in [2.75, 3.05) is 7.11 Å². The van der Waals surface area contributed by atoms with Crippen LogP contribution in [0.15, 0.2) is 54.9 Å². The van der Waals surface area contributed by atoms with Gasteiger partial charge in [-0.15, -0.1) is 11.3 Å². The Bertz CT molecular complexity index is 1260. The number of aromatic hydroxyl groups is 1. The Hall–Kier alpha value is -3.53. The molecule has 0 aliphatic heterocycles. The van der Waals surface area contributed by atoms with Crippen LogP contribution in [0.2, 0.25) is 0 Å². The largest absolute Gasteiger partial charge is 0.508 e. The molecule has 4 aromatic rings. The lowest BCUT2D eigenvalue weighted by atomic mass is 10.1. The van der Waals surface area contributed by atoms with Crippen LogP contribution in [0.3, 0.4) is 0 Å². The van der Waals surface area contributed by atoms with E-state index in [1.165, 1.54) is 43.8 Å². The number of benzene rings is 2. The van der Waals surface area contributed by atoms with Gasteiger partial charge >= 0.3 is 12.1 Å². The topological polar surface area (TPSA) is 73.6 Å². The number of nitrogens with zero attached hydrogens (tertiary/aromatic N) is 2. The van der Waals surface area contributed by atoms with Crippen molar-refractivity contribution in [3.8, 4) is 16.5 Å². The van der Waals surface area contributed by atoms with E-state index in [0.717, 1.165) is 17.4 Å². The highest BCUT2D eigenvalue weighted by atomic mass is 32.1. The number of rotatable bonds is 5. The Balaban J connectivity index is 1.70. The number of thiophene rings is 1. The molecule has 0 saturated carbocycles. The fourth-order valence-corrected chi connectivity index (χ4v) is 4.08. The molecule has 160 valence electrons. The van der Waals surface area contributed by atoms with E-state index < -0.39 is 17.7 Å². The van der Waals surface area contributed by atoms with Crippen molar-refractivity contribution in [3.63, 3.8) is 0 Å². The first kappa shape index (κ1) is 20.7. The van der Waals surface area contributed by atoms with Crippen molar-refractivity contribution in [2.45, 2.75) is 12.8 Å². The number of phenolic OH excluding ortho intramolecular Hbond substituents is 1. The van der Waals surface area contributed by atoms with Gasteiger partial charge in [0, 0.05) is 17.7 Å². The molecule has 10 heteroatoms. The lowest BCUT2D eigenvalue weighted by molar-refractivity contribution is -0.138. The summed E-state index contributed by atoms with van der Waals surface area (Å²) in [5, 5.41) is 10.2. The van der Waals surface area contributed by atoms with E-state index in [0.29, 0.717) is 16.0 Å². The van der Waals surface area contributed by atoms with Gasteiger partial charge in [-0.25, -0.2) is 9.78 Å². The highest BCUT2D eigenvalue weighted by molar-refractivity contribution is 7.16. The summed E-state index contributed by atoms with van der Waals surface area (Å²) in [5.41, 5.74) is 0.353. The number of phenols is 1. The number of imidazole rings is 1. The lowest BCUT2D eigenvalue weighted by Gasteiger charge is -2.13. The molecular weight excluding hydrogens is 433 g/mol. The summed E-state index contributed by atoms with van der Waals surface area (Å²) < 4.78 is 51.8. The minimum absolute atomic E-state index is 0.0536. The zero-order chi connectivity index (χ0) is 22.2. The maximum atomic E-state index is 13.2. The van der Waals surface area contributed by atoms with Gasteiger partial charge in [0.1, 0.15) is 29.4 Å². The number of esters is 1.